The molecule has 2 rings (SSSR count). The fourth-order valence-corrected chi connectivity index (χ4v) is 1.35. The first-order valence-electron chi connectivity index (χ1n) is 3.83. The standard InChI is InChI=1S/C10H8N2/c11-6-4-9-5-8-12-7-2-1-3-10(9)12/h1-3,5,7-8H,4H2. The van der Waals surface area contributed by atoms with Crippen LogP contribution < -0.4 is 0 Å². The van der Waals surface area contributed by atoms with Crippen molar-refractivity contribution in [2.45, 2.75) is 6.42 Å². The fourth-order valence-electron chi connectivity index (χ4n) is 1.35. The first-order valence-corrected chi connectivity index (χ1v) is 3.83. The maximum Gasteiger partial charge on any atom is 0.0670 e. The summed E-state index contributed by atoms with van der Waals surface area (Å²) in [6.45, 7) is 0. The zero-order chi connectivity index (χ0) is 8.39. The normalized spacial score (nSPS) is 9.92. The zero-order valence-electron chi connectivity index (χ0n) is 6.57. The van der Waals surface area contributed by atoms with Gasteiger partial charge in [0.15, 0.2) is 0 Å². The number of aromatic nitrogens is 1. The number of nitrogens with zero attached hydrogens (tertiary/aromatic N) is 2. The van der Waals surface area contributed by atoms with Crippen LogP contribution in [0.1, 0.15) is 5.56 Å². The third-order valence-corrected chi connectivity index (χ3v) is 1.92. The second-order valence-electron chi connectivity index (χ2n) is 2.67. The van der Waals surface area contributed by atoms with Crippen LogP contribution in [0.3, 0.4) is 0 Å². The van der Waals surface area contributed by atoms with Crippen molar-refractivity contribution in [3.05, 3.63) is 42.2 Å². The Bertz CT molecular complexity index is 434. The van der Waals surface area contributed by atoms with Gasteiger partial charge in [-0.1, -0.05) is 6.07 Å². The summed E-state index contributed by atoms with van der Waals surface area (Å²) < 4.78 is 2.02. The van der Waals surface area contributed by atoms with E-state index < -0.39 is 0 Å². The lowest BCUT2D eigenvalue weighted by Gasteiger charge is -1.93. The predicted octanol–water partition coefficient (Wildman–Crippen LogP) is 2.01. The number of pyridine rings is 1. The average molecular weight is 156 g/mol. The van der Waals surface area contributed by atoms with Crippen molar-refractivity contribution in [3.8, 4) is 6.07 Å². The monoisotopic (exact) mass is 156 g/mol. The van der Waals surface area contributed by atoms with Crippen LogP contribution in [-0.2, 0) is 6.42 Å². The van der Waals surface area contributed by atoms with Crippen LogP contribution in [0.4, 0.5) is 0 Å². The van der Waals surface area contributed by atoms with E-state index in [1.807, 2.05) is 41.1 Å². The second kappa shape index (κ2) is 2.71. The van der Waals surface area contributed by atoms with Gasteiger partial charge in [-0.3, -0.25) is 0 Å². The Morgan fingerprint density at radius 1 is 1.25 bits per heavy atom. The number of fused-ring (bicyclic) bond motifs is 1. The van der Waals surface area contributed by atoms with Crippen molar-refractivity contribution in [1.29, 1.82) is 5.26 Å². The number of hydrogen-bond donors (Lipinski definition) is 0. The van der Waals surface area contributed by atoms with Crippen molar-refractivity contribution in [2.75, 3.05) is 0 Å². The van der Waals surface area contributed by atoms with Crippen LogP contribution in [0.15, 0.2) is 36.7 Å². The Morgan fingerprint density at radius 3 is 3.00 bits per heavy atom. The van der Waals surface area contributed by atoms with E-state index in [9.17, 15) is 0 Å². The summed E-state index contributed by atoms with van der Waals surface area (Å²) in [7, 11) is 0. The molecular weight excluding hydrogens is 148 g/mol. The maximum atomic E-state index is 8.54. The van der Waals surface area contributed by atoms with E-state index in [2.05, 4.69) is 6.07 Å². The van der Waals surface area contributed by atoms with Gasteiger partial charge in [-0.05, 0) is 23.8 Å². The minimum atomic E-state index is 0.487. The van der Waals surface area contributed by atoms with Crippen molar-refractivity contribution in [2.24, 2.45) is 0 Å². The van der Waals surface area contributed by atoms with Gasteiger partial charge in [-0.15, -0.1) is 0 Å². The molecule has 0 fully saturated rings. The minimum Gasteiger partial charge on any atom is -0.324 e. The Hall–Kier alpha value is -1.75. The first-order chi connectivity index (χ1) is 5.92. The Kier molecular flexibility index (Phi) is 1.56. The average Bonchev–Trinajstić information content (AvgIpc) is 2.50. The SMILES string of the molecule is N#CCc1ccn2ccccc12. The van der Waals surface area contributed by atoms with Crippen molar-refractivity contribution in [1.82, 2.24) is 4.40 Å². The van der Waals surface area contributed by atoms with Gasteiger partial charge in [-0.25, -0.2) is 0 Å². The highest BCUT2D eigenvalue weighted by Gasteiger charge is 1.98. The maximum absolute atomic E-state index is 8.54. The van der Waals surface area contributed by atoms with Gasteiger partial charge in [0.2, 0.25) is 0 Å². The lowest BCUT2D eigenvalue weighted by atomic mass is 10.2. The summed E-state index contributed by atoms with van der Waals surface area (Å²) in [5.41, 5.74) is 2.22. The molecule has 12 heavy (non-hydrogen) atoms. The van der Waals surface area contributed by atoms with E-state index in [1.165, 1.54) is 0 Å². The van der Waals surface area contributed by atoms with Crippen molar-refractivity contribution < 1.29 is 0 Å². The lowest BCUT2D eigenvalue weighted by Crippen LogP contribution is -1.82. The van der Waals surface area contributed by atoms with Gasteiger partial charge in [0, 0.05) is 17.9 Å². The predicted molar refractivity (Wildman–Crippen MR) is 46.7 cm³/mol. The molecule has 0 spiro atoms. The highest BCUT2D eigenvalue weighted by atomic mass is 14.8. The molecule has 0 aliphatic rings. The third kappa shape index (κ3) is 0.960. The molecule has 0 saturated carbocycles. The molecule has 0 bridgehead atoms. The van der Waals surface area contributed by atoms with Crippen molar-refractivity contribution >= 4 is 5.52 Å². The van der Waals surface area contributed by atoms with Crippen molar-refractivity contribution in [3.63, 3.8) is 0 Å². The molecule has 2 heteroatoms. The van der Waals surface area contributed by atoms with Gasteiger partial charge in [0.25, 0.3) is 0 Å². The van der Waals surface area contributed by atoms with E-state index in [-0.39, 0.29) is 0 Å². The molecule has 0 N–H and O–H groups in total. The topological polar surface area (TPSA) is 28.2 Å². The highest BCUT2D eigenvalue weighted by molar-refractivity contribution is 5.56. The molecule has 2 aromatic rings. The van der Waals surface area contributed by atoms with Gasteiger partial charge in [0.1, 0.15) is 0 Å². The molecule has 58 valence electrons. The zero-order valence-corrected chi connectivity index (χ0v) is 6.57. The molecule has 2 nitrogen and oxygen atoms in total. The summed E-state index contributed by atoms with van der Waals surface area (Å²) in [4.78, 5) is 0. The molecule has 2 aromatic heterocycles. The quantitative estimate of drug-likeness (QED) is 0.620. The van der Waals surface area contributed by atoms with Crippen LogP contribution in [-0.4, -0.2) is 4.40 Å². The Balaban J connectivity index is 2.64. The van der Waals surface area contributed by atoms with E-state index in [0.29, 0.717) is 6.42 Å². The van der Waals surface area contributed by atoms with Gasteiger partial charge in [-0.2, -0.15) is 5.26 Å². The number of rotatable bonds is 1. The Morgan fingerprint density at radius 2 is 2.17 bits per heavy atom. The summed E-state index contributed by atoms with van der Waals surface area (Å²) in [6, 6.07) is 10.1. The van der Waals surface area contributed by atoms with E-state index >= 15 is 0 Å². The van der Waals surface area contributed by atoms with Crippen LogP contribution in [0.2, 0.25) is 0 Å². The Labute approximate surface area is 70.7 Å². The van der Waals surface area contributed by atoms with Crippen LogP contribution in [0, 0.1) is 11.3 Å². The molecular formula is C10H8N2. The van der Waals surface area contributed by atoms with E-state index in [4.69, 9.17) is 5.26 Å². The smallest absolute Gasteiger partial charge is 0.0670 e. The second-order valence-corrected chi connectivity index (χ2v) is 2.67. The molecule has 0 aliphatic heterocycles. The van der Waals surface area contributed by atoms with E-state index in [0.717, 1.165) is 11.1 Å². The van der Waals surface area contributed by atoms with Crippen LogP contribution in [0.25, 0.3) is 5.52 Å². The van der Waals surface area contributed by atoms with Gasteiger partial charge < -0.3 is 4.40 Å². The molecule has 0 aromatic carbocycles. The van der Waals surface area contributed by atoms with Gasteiger partial charge >= 0.3 is 0 Å². The van der Waals surface area contributed by atoms with Crippen LogP contribution >= 0.6 is 0 Å². The molecule has 0 saturated heterocycles. The lowest BCUT2D eigenvalue weighted by molar-refractivity contribution is 1.19. The summed E-state index contributed by atoms with van der Waals surface area (Å²) in [5.74, 6) is 0. The number of hydrogen-bond acceptors (Lipinski definition) is 1. The molecule has 0 aliphatic carbocycles. The summed E-state index contributed by atoms with van der Waals surface area (Å²) in [5, 5.41) is 8.54. The highest BCUT2D eigenvalue weighted by Crippen LogP contribution is 2.11. The molecule has 2 heterocycles. The molecule has 0 radical (unpaired) electrons. The molecule has 0 unspecified atom stereocenters. The number of nitriles is 1. The molecule has 0 atom stereocenters. The van der Waals surface area contributed by atoms with Crippen LogP contribution in [0.5, 0.6) is 0 Å². The summed E-state index contributed by atoms with van der Waals surface area (Å²) in [6.07, 6.45) is 4.44. The minimum absolute atomic E-state index is 0.487. The third-order valence-electron chi connectivity index (χ3n) is 1.92. The molecule has 0 amide bonds. The summed E-state index contributed by atoms with van der Waals surface area (Å²) >= 11 is 0. The first kappa shape index (κ1) is 6.93. The van der Waals surface area contributed by atoms with Gasteiger partial charge in [0.05, 0.1) is 12.5 Å². The van der Waals surface area contributed by atoms with E-state index in [1.54, 1.807) is 0 Å². The largest absolute Gasteiger partial charge is 0.324 e. The fraction of sp³-hybridized carbons (Fsp3) is 0.100.